The maximum atomic E-state index is 12.3. The first-order chi connectivity index (χ1) is 11.7. The fraction of sp³-hybridized carbons (Fsp3) is 0.474. The van der Waals surface area contributed by atoms with Crippen LogP contribution in [0.15, 0.2) is 36.4 Å². The highest BCUT2D eigenvalue weighted by molar-refractivity contribution is 5.94. The van der Waals surface area contributed by atoms with Gasteiger partial charge in [-0.15, -0.1) is 12.4 Å². The molecule has 1 atom stereocenters. The Balaban J connectivity index is 0.00000225. The normalized spacial score (nSPS) is 15.6. The van der Waals surface area contributed by atoms with Crippen LogP contribution < -0.4 is 11.1 Å². The number of nitrogens with one attached hydrogen (secondary N) is 1. The van der Waals surface area contributed by atoms with Crippen LogP contribution in [-0.4, -0.2) is 21.7 Å². The van der Waals surface area contributed by atoms with E-state index in [4.69, 9.17) is 10.8 Å². The lowest BCUT2D eigenvalue weighted by atomic mass is 10.0. The lowest BCUT2D eigenvalue weighted by Crippen LogP contribution is -2.35. The molecular weight excluding hydrogens is 336 g/mol. The zero-order valence-electron chi connectivity index (χ0n) is 14.6. The molecule has 0 radical (unpaired) electrons. The molecular formula is C19H27ClN4O. The Morgan fingerprint density at radius 1 is 1.32 bits per heavy atom. The Bertz CT molecular complexity index is 680. The number of benzene rings is 1. The minimum Gasteiger partial charge on any atom is -0.320 e. The van der Waals surface area contributed by atoms with E-state index in [-0.39, 0.29) is 18.3 Å². The highest BCUT2D eigenvalue weighted by atomic mass is 35.5. The molecule has 1 amide bonds. The van der Waals surface area contributed by atoms with Crippen LogP contribution in [0.2, 0.25) is 0 Å². The number of carbonyl (C=O) groups excluding carboxylic acids is 1. The quantitative estimate of drug-likeness (QED) is 0.815. The molecule has 3 N–H and O–H groups in total. The van der Waals surface area contributed by atoms with Gasteiger partial charge in [0, 0.05) is 12.0 Å². The monoisotopic (exact) mass is 362 g/mol. The number of nitrogens with two attached hydrogens (primary N) is 1. The Morgan fingerprint density at radius 2 is 2.00 bits per heavy atom. The maximum Gasteiger partial charge on any atom is 0.242 e. The van der Waals surface area contributed by atoms with Crippen molar-refractivity contribution in [2.75, 3.05) is 5.32 Å². The van der Waals surface area contributed by atoms with Gasteiger partial charge in [-0.3, -0.25) is 4.79 Å². The molecule has 1 aliphatic rings. The molecule has 3 rings (SSSR count). The summed E-state index contributed by atoms with van der Waals surface area (Å²) in [4.78, 5) is 12.3. The summed E-state index contributed by atoms with van der Waals surface area (Å²) < 4.78 is 1.82. The van der Waals surface area contributed by atoms with Crippen molar-refractivity contribution in [2.45, 2.75) is 57.4 Å². The topological polar surface area (TPSA) is 72.9 Å². The summed E-state index contributed by atoms with van der Waals surface area (Å²) >= 11 is 0. The van der Waals surface area contributed by atoms with Gasteiger partial charge in [0.25, 0.3) is 0 Å². The van der Waals surface area contributed by atoms with Crippen LogP contribution in [0.4, 0.5) is 5.82 Å². The van der Waals surface area contributed by atoms with E-state index >= 15 is 0 Å². The summed E-state index contributed by atoms with van der Waals surface area (Å²) in [6, 6.07) is 11.4. The summed E-state index contributed by atoms with van der Waals surface area (Å²) in [6.07, 6.45) is 6.43. The second-order valence-corrected chi connectivity index (χ2v) is 6.57. The van der Waals surface area contributed by atoms with Crippen molar-refractivity contribution in [3.05, 3.63) is 42.1 Å². The minimum atomic E-state index is -0.482. The van der Waals surface area contributed by atoms with E-state index in [1.807, 2.05) is 48.0 Å². The van der Waals surface area contributed by atoms with Gasteiger partial charge in [-0.25, -0.2) is 4.68 Å². The molecule has 5 nitrogen and oxygen atoms in total. The van der Waals surface area contributed by atoms with Crippen molar-refractivity contribution < 1.29 is 4.79 Å². The number of hydrogen-bond donors (Lipinski definition) is 2. The van der Waals surface area contributed by atoms with Gasteiger partial charge in [0.2, 0.25) is 5.91 Å². The third-order valence-electron chi connectivity index (χ3n) is 4.69. The highest BCUT2D eigenvalue weighted by Crippen LogP contribution is 2.35. The number of carbonyl (C=O) groups is 1. The molecule has 6 heteroatoms. The van der Waals surface area contributed by atoms with Crippen LogP contribution in [-0.2, 0) is 4.79 Å². The van der Waals surface area contributed by atoms with E-state index in [9.17, 15) is 4.79 Å². The summed E-state index contributed by atoms with van der Waals surface area (Å²) in [7, 11) is 0. The van der Waals surface area contributed by atoms with Gasteiger partial charge in [0.15, 0.2) is 0 Å². The lowest BCUT2D eigenvalue weighted by Gasteiger charge is -2.12. The van der Waals surface area contributed by atoms with Crippen LogP contribution in [0.3, 0.4) is 0 Å². The smallest absolute Gasteiger partial charge is 0.242 e. The fourth-order valence-electron chi connectivity index (χ4n) is 3.34. The zero-order valence-corrected chi connectivity index (χ0v) is 15.5. The Morgan fingerprint density at radius 3 is 2.64 bits per heavy atom. The molecule has 1 aromatic heterocycles. The number of aromatic nitrogens is 2. The number of rotatable bonds is 6. The van der Waals surface area contributed by atoms with Crippen molar-refractivity contribution >= 4 is 24.1 Å². The number of hydrogen-bond acceptors (Lipinski definition) is 3. The summed E-state index contributed by atoms with van der Waals surface area (Å²) in [5.74, 6) is 1.06. The number of nitrogens with zero attached hydrogens (tertiary/aromatic N) is 2. The van der Waals surface area contributed by atoms with E-state index in [0.29, 0.717) is 18.2 Å². The van der Waals surface area contributed by atoms with E-state index in [1.165, 1.54) is 25.7 Å². The van der Waals surface area contributed by atoms with E-state index in [1.54, 1.807) is 0 Å². The second kappa shape index (κ2) is 9.02. The first-order valence-electron chi connectivity index (χ1n) is 8.91. The van der Waals surface area contributed by atoms with Crippen LogP contribution in [0.1, 0.15) is 57.1 Å². The second-order valence-electron chi connectivity index (χ2n) is 6.57. The van der Waals surface area contributed by atoms with Crippen molar-refractivity contribution in [3.63, 3.8) is 0 Å². The van der Waals surface area contributed by atoms with Crippen molar-refractivity contribution in [3.8, 4) is 5.69 Å². The predicted octanol–water partition coefficient (Wildman–Crippen LogP) is 4.02. The number of amides is 1. The van der Waals surface area contributed by atoms with Crippen LogP contribution in [0, 0.1) is 0 Å². The first kappa shape index (κ1) is 19.5. The Labute approximate surface area is 155 Å². The molecule has 25 heavy (non-hydrogen) atoms. The number of halogens is 1. The van der Waals surface area contributed by atoms with Gasteiger partial charge in [-0.1, -0.05) is 44.4 Å². The van der Waals surface area contributed by atoms with Crippen molar-refractivity contribution in [2.24, 2.45) is 5.73 Å². The SMILES string of the molecule is CCCC(N)C(=O)Nc1cc(C2CCCC2)nn1-c1ccccc1.Cl. The molecule has 1 unspecified atom stereocenters. The third kappa shape index (κ3) is 4.61. The Hall–Kier alpha value is -1.85. The summed E-state index contributed by atoms with van der Waals surface area (Å²) in [5, 5.41) is 7.76. The van der Waals surface area contributed by atoms with Gasteiger partial charge >= 0.3 is 0 Å². The number of anilines is 1. The molecule has 0 bridgehead atoms. The molecule has 0 aliphatic heterocycles. The van der Waals surface area contributed by atoms with Gasteiger partial charge < -0.3 is 11.1 Å². The maximum absolute atomic E-state index is 12.3. The van der Waals surface area contributed by atoms with Crippen LogP contribution in [0.5, 0.6) is 0 Å². The van der Waals surface area contributed by atoms with E-state index < -0.39 is 6.04 Å². The molecule has 1 aromatic carbocycles. The summed E-state index contributed by atoms with van der Waals surface area (Å²) in [5.41, 5.74) is 7.96. The predicted molar refractivity (Wildman–Crippen MR) is 104 cm³/mol. The van der Waals surface area contributed by atoms with Crippen LogP contribution >= 0.6 is 12.4 Å². The zero-order chi connectivity index (χ0) is 16.9. The van der Waals surface area contributed by atoms with Crippen molar-refractivity contribution in [1.82, 2.24) is 9.78 Å². The summed E-state index contributed by atoms with van der Waals surface area (Å²) in [6.45, 7) is 2.03. The lowest BCUT2D eigenvalue weighted by molar-refractivity contribution is -0.117. The molecule has 1 saturated carbocycles. The van der Waals surface area contributed by atoms with Gasteiger partial charge in [0.1, 0.15) is 5.82 Å². The minimum absolute atomic E-state index is 0. The molecule has 0 spiro atoms. The highest BCUT2D eigenvalue weighted by Gasteiger charge is 2.23. The average molecular weight is 363 g/mol. The molecule has 1 heterocycles. The molecule has 1 aliphatic carbocycles. The third-order valence-corrected chi connectivity index (χ3v) is 4.69. The molecule has 0 saturated heterocycles. The average Bonchev–Trinajstić information content (AvgIpc) is 3.25. The largest absolute Gasteiger partial charge is 0.320 e. The van der Waals surface area contributed by atoms with Gasteiger partial charge in [0.05, 0.1) is 17.4 Å². The molecule has 136 valence electrons. The Kier molecular flexibility index (Phi) is 7.02. The molecule has 2 aromatic rings. The fourth-order valence-corrected chi connectivity index (χ4v) is 3.34. The standard InChI is InChI=1S/C19H26N4O.ClH/c1-2-8-16(20)19(24)21-18-13-17(14-9-6-7-10-14)22-23(18)15-11-4-3-5-12-15;/h3-5,11-14,16H,2,6-10,20H2,1H3,(H,21,24);1H. The van der Waals surface area contributed by atoms with E-state index in [2.05, 4.69) is 5.32 Å². The van der Waals surface area contributed by atoms with Crippen molar-refractivity contribution in [1.29, 1.82) is 0 Å². The number of para-hydroxylation sites is 1. The first-order valence-corrected chi connectivity index (χ1v) is 8.91. The van der Waals surface area contributed by atoms with Gasteiger partial charge in [-0.2, -0.15) is 5.10 Å². The van der Waals surface area contributed by atoms with Crippen LogP contribution in [0.25, 0.3) is 5.69 Å². The molecule has 1 fully saturated rings. The van der Waals surface area contributed by atoms with Gasteiger partial charge in [-0.05, 0) is 31.4 Å². The van der Waals surface area contributed by atoms with E-state index in [0.717, 1.165) is 17.8 Å².